The maximum absolute atomic E-state index is 6.10. The molecule has 1 fully saturated rings. The van der Waals surface area contributed by atoms with Crippen molar-refractivity contribution in [1.29, 1.82) is 0 Å². The third-order valence-corrected chi connectivity index (χ3v) is 4.18. The lowest BCUT2D eigenvalue weighted by Gasteiger charge is -2.44. The first kappa shape index (κ1) is 12.6. The molecule has 2 heteroatoms. The number of aryl methyl sites for hydroxylation is 1. The number of nitrogens with two attached hydrogens (primary N) is 1. The van der Waals surface area contributed by atoms with Crippen LogP contribution in [-0.2, 0) is 5.54 Å². The fourth-order valence-electron chi connectivity index (χ4n) is 2.97. The van der Waals surface area contributed by atoms with Gasteiger partial charge in [-0.05, 0) is 50.9 Å². The van der Waals surface area contributed by atoms with Gasteiger partial charge < -0.3 is 5.73 Å². The van der Waals surface area contributed by atoms with E-state index in [1.807, 2.05) is 0 Å². The van der Waals surface area contributed by atoms with Gasteiger partial charge in [-0.25, -0.2) is 0 Å². The predicted octanol–water partition coefficient (Wildman–Crippen LogP) is 2.65. The van der Waals surface area contributed by atoms with Crippen LogP contribution in [0.2, 0.25) is 0 Å². The second kappa shape index (κ2) is 5.19. The molecule has 1 aliphatic rings. The summed E-state index contributed by atoms with van der Waals surface area (Å²) in [4.78, 5) is 2.57. The normalized spacial score (nSPS) is 21.1. The summed E-state index contributed by atoms with van der Waals surface area (Å²) in [5, 5.41) is 0. The van der Waals surface area contributed by atoms with Gasteiger partial charge >= 0.3 is 0 Å². The van der Waals surface area contributed by atoms with E-state index >= 15 is 0 Å². The number of benzene rings is 1. The first-order valence-corrected chi connectivity index (χ1v) is 6.70. The summed E-state index contributed by atoms with van der Waals surface area (Å²) in [6.07, 6.45) is 3.98. The molecule has 0 unspecified atom stereocenters. The Morgan fingerprint density at radius 3 is 2.41 bits per heavy atom. The summed E-state index contributed by atoms with van der Waals surface area (Å²) in [5.41, 5.74) is 8.85. The highest BCUT2D eigenvalue weighted by Gasteiger charge is 2.33. The summed E-state index contributed by atoms with van der Waals surface area (Å²) in [5.74, 6) is 0. The molecule has 0 saturated carbocycles. The Balaban J connectivity index is 2.32. The molecular weight excluding hydrogens is 208 g/mol. The minimum Gasteiger partial charge on any atom is -0.328 e. The molecule has 0 aromatic heterocycles. The van der Waals surface area contributed by atoms with E-state index in [-0.39, 0.29) is 5.54 Å². The maximum Gasteiger partial charge on any atom is 0.0557 e. The van der Waals surface area contributed by atoms with Crippen LogP contribution in [0.5, 0.6) is 0 Å². The van der Waals surface area contributed by atoms with Crippen molar-refractivity contribution in [3.8, 4) is 0 Å². The SMILES string of the molecule is Cc1ccccc1[C@@](C)(CN)N1CCCCC1. The summed E-state index contributed by atoms with van der Waals surface area (Å²) in [6, 6.07) is 8.65. The van der Waals surface area contributed by atoms with E-state index in [1.165, 1.54) is 43.5 Å². The number of nitrogens with zero attached hydrogens (tertiary/aromatic N) is 1. The van der Waals surface area contributed by atoms with Gasteiger partial charge in [0.2, 0.25) is 0 Å². The fraction of sp³-hybridized carbons (Fsp3) is 0.600. The van der Waals surface area contributed by atoms with Gasteiger partial charge in [-0.3, -0.25) is 4.90 Å². The topological polar surface area (TPSA) is 29.3 Å². The van der Waals surface area contributed by atoms with Gasteiger partial charge in [-0.15, -0.1) is 0 Å². The number of hydrogen-bond acceptors (Lipinski definition) is 2. The molecule has 1 atom stereocenters. The molecule has 1 aromatic rings. The van der Waals surface area contributed by atoms with Crippen LogP contribution < -0.4 is 5.73 Å². The van der Waals surface area contributed by atoms with E-state index in [1.54, 1.807) is 0 Å². The molecule has 0 radical (unpaired) electrons. The van der Waals surface area contributed by atoms with E-state index in [0.29, 0.717) is 6.54 Å². The van der Waals surface area contributed by atoms with Crippen molar-refractivity contribution in [2.45, 2.75) is 38.6 Å². The van der Waals surface area contributed by atoms with Crippen molar-refractivity contribution in [2.75, 3.05) is 19.6 Å². The minimum absolute atomic E-state index is 0.00572. The van der Waals surface area contributed by atoms with Crippen molar-refractivity contribution in [3.63, 3.8) is 0 Å². The monoisotopic (exact) mass is 232 g/mol. The molecule has 2 rings (SSSR count). The van der Waals surface area contributed by atoms with Crippen LogP contribution >= 0.6 is 0 Å². The van der Waals surface area contributed by atoms with Gasteiger partial charge in [0.05, 0.1) is 5.54 Å². The Labute approximate surface area is 105 Å². The van der Waals surface area contributed by atoms with Crippen LogP contribution in [0, 0.1) is 6.92 Å². The lowest BCUT2D eigenvalue weighted by molar-refractivity contribution is 0.0850. The second-order valence-corrected chi connectivity index (χ2v) is 5.34. The Morgan fingerprint density at radius 2 is 1.82 bits per heavy atom. The highest BCUT2D eigenvalue weighted by Crippen LogP contribution is 2.31. The molecule has 1 aliphatic heterocycles. The number of rotatable bonds is 3. The lowest BCUT2D eigenvalue weighted by Crippen LogP contribution is -2.51. The van der Waals surface area contributed by atoms with E-state index in [9.17, 15) is 0 Å². The zero-order valence-corrected chi connectivity index (χ0v) is 11.1. The highest BCUT2D eigenvalue weighted by atomic mass is 15.2. The van der Waals surface area contributed by atoms with Gasteiger partial charge in [0, 0.05) is 6.54 Å². The van der Waals surface area contributed by atoms with Gasteiger partial charge in [0.15, 0.2) is 0 Å². The van der Waals surface area contributed by atoms with Crippen molar-refractivity contribution in [1.82, 2.24) is 4.90 Å². The number of likely N-dealkylation sites (tertiary alicyclic amines) is 1. The number of piperidine rings is 1. The van der Waals surface area contributed by atoms with Crippen LogP contribution in [0.4, 0.5) is 0 Å². The summed E-state index contributed by atoms with van der Waals surface area (Å²) in [7, 11) is 0. The molecule has 0 aliphatic carbocycles. The minimum atomic E-state index is 0.00572. The van der Waals surface area contributed by atoms with Crippen LogP contribution in [0.15, 0.2) is 24.3 Å². The molecule has 2 N–H and O–H groups in total. The zero-order valence-electron chi connectivity index (χ0n) is 11.1. The fourth-order valence-corrected chi connectivity index (χ4v) is 2.97. The predicted molar refractivity (Wildman–Crippen MR) is 73.0 cm³/mol. The smallest absolute Gasteiger partial charge is 0.0557 e. The van der Waals surface area contributed by atoms with Crippen LogP contribution in [0.1, 0.15) is 37.3 Å². The van der Waals surface area contributed by atoms with E-state index in [4.69, 9.17) is 5.73 Å². The van der Waals surface area contributed by atoms with Gasteiger partial charge in [-0.2, -0.15) is 0 Å². The second-order valence-electron chi connectivity index (χ2n) is 5.34. The zero-order chi connectivity index (χ0) is 12.3. The lowest BCUT2D eigenvalue weighted by atomic mass is 9.85. The van der Waals surface area contributed by atoms with Crippen molar-refractivity contribution < 1.29 is 0 Å². The summed E-state index contributed by atoms with van der Waals surface area (Å²) < 4.78 is 0. The molecular formula is C15H24N2. The highest BCUT2D eigenvalue weighted by molar-refractivity contribution is 5.32. The molecule has 1 aromatic carbocycles. The average Bonchev–Trinajstić information content (AvgIpc) is 2.39. The van der Waals surface area contributed by atoms with E-state index < -0.39 is 0 Å². The first-order valence-electron chi connectivity index (χ1n) is 6.70. The molecule has 0 spiro atoms. The van der Waals surface area contributed by atoms with E-state index in [2.05, 4.69) is 43.0 Å². The maximum atomic E-state index is 6.10. The van der Waals surface area contributed by atoms with Crippen LogP contribution in [0.3, 0.4) is 0 Å². The van der Waals surface area contributed by atoms with Crippen LogP contribution in [-0.4, -0.2) is 24.5 Å². The van der Waals surface area contributed by atoms with Crippen molar-refractivity contribution >= 4 is 0 Å². The Kier molecular flexibility index (Phi) is 3.85. The largest absolute Gasteiger partial charge is 0.328 e. The first-order chi connectivity index (χ1) is 8.18. The Hall–Kier alpha value is -0.860. The molecule has 1 heterocycles. The van der Waals surface area contributed by atoms with Gasteiger partial charge in [0.25, 0.3) is 0 Å². The standard InChI is InChI=1S/C15H24N2/c1-13-8-4-5-9-14(13)15(2,12-16)17-10-6-3-7-11-17/h4-5,8-9H,3,6-7,10-12,16H2,1-2H3/t15-/m1/s1. The molecule has 1 saturated heterocycles. The Morgan fingerprint density at radius 1 is 1.18 bits per heavy atom. The quantitative estimate of drug-likeness (QED) is 0.868. The molecule has 0 bridgehead atoms. The summed E-state index contributed by atoms with van der Waals surface area (Å²) in [6.45, 7) is 7.54. The third-order valence-electron chi connectivity index (χ3n) is 4.18. The van der Waals surface area contributed by atoms with Crippen molar-refractivity contribution in [2.24, 2.45) is 5.73 Å². The van der Waals surface area contributed by atoms with Crippen molar-refractivity contribution in [3.05, 3.63) is 35.4 Å². The average molecular weight is 232 g/mol. The van der Waals surface area contributed by atoms with Gasteiger partial charge in [-0.1, -0.05) is 30.7 Å². The Bertz CT molecular complexity index is 369. The van der Waals surface area contributed by atoms with Gasteiger partial charge in [0.1, 0.15) is 0 Å². The molecule has 17 heavy (non-hydrogen) atoms. The third kappa shape index (κ3) is 2.38. The number of hydrogen-bond donors (Lipinski definition) is 1. The van der Waals surface area contributed by atoms with Crippen LogP contribution in [0.25, 0.3) is 0 Å². The van der Waals surface area contributed by atoms with E-state index in [0.717, 1.165) is 0 Å². The molecule has 2 nitrogen and oxygen atoms in total. The molecule has 94 valence electrons. The summed E-state index contributed by atoms with van der Waals surface area (Å²) >= 11 is 0. The molecule has 0 amide bonds.